The highest BCUT2D eigenvalue weighted by Gasteiger charge is 2.39. The molecule has 1 aromatic carbocycles. The lowest BCUT2D eigenvalue weighted by Crippen LogP contribution is -2.56. The molecule has 0 aliphatic carbocycles. The maximum absolute atomic E-state index is 14.4. The van der Waals surface area contributed by atoms with Crippen molar-refractivity contribution in [1.82, 2.24) is 15.5 Å². The van der Waals surface area contributed by atoms with Crippen molar-refractivity contribution in [2.75, 3.05) is 12.0 Å². The maximum Gasteiger partial charge on any atom is 0.408 e. The molecule has 0 heterocycles. The summed E-state index contributed by atoms with van der Waals surface area (Å²) in [7, 11) is 0. The number of hydrogen-bond acceptors (Lipinski definition) is 5. The Labute approximate surface area is 235 Å². The highest BCUT2D eigenvalue weighted by Crippen LogP contribution is 2.29. The zero-order valence-corrected chi connectivity index (χ0v) is 26.3. The normalized spacial score (nSPS) is 14.1. The van der Waals surface area contributed by atoms with Crippen LogP contribution < -0.4 is 10.6 Å². The lowest BCUT2D eigenvalue weighted by Gasteiger charge is -2.39. The molecule has 0 aliphatic heterocycles. The van der Waals surface area contributed by atoms with Crippen LogP contribution in [0.4, 0.5) is 4.79 Å². The number of nitrogens with zero attached hydrogens (tertiary/aromatic N) is 1. The first kappa shape index (κ1) is 33.8. The molecule has 1 rings (SSSR count). The minimum absolute atomic E-state index is 0.0911. The summed E-state index contributed by atoms with van der Waals surface area (Å²) in [6, 6.07) is 3.95. The van der Waals surface area contributed by atoms with Crippen molar-refractivity contribution in [3.05, 3.63) is 34.9 Å². The summed E-state index contributed by atoms with van der Waals surface area (Å²) in [5.41, 5.74) is 2.24. The smallest absolute Gasteiger partial charge is 0.408 e. The van der Waals surface area contributed by atoms with Gasteiger partial charge < -0.3 is 20.3 Å². The molecule has 3 atom stereocenters. The molecule has 216 valence electrons. The van der Waals surface area contributed by atoms with Gasteiger partial charge in [-0.25, -0.2) is 4.79 Å². The molecule has 0 radical (unpaired) electrons. The Morgan fingerprint density at radius 1 is 0.947 bits per heavy atom. The van der Waals surface area contributed by atoms with Crippen molar-refractivity contribution >= 4 is 29.7 Å². The van der Waals surface area contributed by atoms with Gasteiger partial charge in [-0.15, -0.1) is 0 Å². The first-order chi connectivity index (χ1) is 17.6. The van der Waals surface area contributed by atoms with Gasteiger partial charge in [-0.3, -0.25) is 9.59 Å². The number of aryl methyl sites for hydroxylation is 2. The van der Waals surface area contributed by atoms with Crippen LogP contribution in [-0.2, 0) is 14.3 Å². The number of amides is 3. The third-order valence-electron chi connectivity index (χ3n) is 6.30. The Hall–Kier alpha value is -2.22. The molecule has 0 saturated carbocycles. The first-order valence-electron chi connectivity index (χ1n) is 13.8. The molecule has 3 unspecified atom stereocenters. The molecule has 3 amide bonds. The van der Waals surface area contributed by atoms with Gasteiger partial charge in [-0.1, -0.05) is 32.0 Å². The lowest BCUT2D eigenvalue weighted by molar-refractivity contribution is -0.145. The molecule has 2 N–H and O–H groups in total. The predicted octanol–water partition coefficient (Wildman–Crippen LogP) is 6.17. The Kier molecular flexibility index (Phi) is 13.7. The van der Waals surface area contributed by atoms with Gasteiger partial charge in [-0.2, -0.15) is 11.8 Å². The summed E-state index contributed by atoms with van der Waals surface area (Å²) in [5, 5.41) is 5.85. The van der Waals surface area contributed by atoms with Gasteiger partial charge in [0.1, 0.15) is 17.7 Å². The molecule has 8 heteroatoms. The number of benzene rings is 1. The number of nitrogens with one attached hydrogen (secondary N) is 2. The fraction of sp³-hybridized carbons (Fsp3) is 0.700. The molecular formula is C30H51N3O4S. The third kappa shape index (κ3) is 11.3. The summed E-state index contributed by atoms with van der Waals surface area (Å²) in [4.78, 5) is 42.6. The van der Waals surface area contributed by atoms with Crippen molar-refractivity contribution in [2.24, 2.45) is 5.92 Å². The van der Waals surface area contributed by atoms with Crippen LogP contribution in [0, 0.1) is 19.8 Å². The lowest BCUT2D eigenvalue weighted by atomic mass is 9.95. The molecule has 0 fully saturated rings. The topological polar surface area (TPSA) is 87.7 Å². The van der Waals surface area contributed by atoms with E-state index in [1.807, 2.05) is 59.1 Å². The first-order valence-corrected chi connectivity index (χ1v) is 15.1. The monoisotopic (exact) mass is 549 g/mol. The van der Waals surface area contributed by atoms with E-state index < -0.39 is 23.8 Å². The number of alkyl carbamates (subject to hydrolysis) is 1. The summed E-state index contributed by atoms with van der Waals surface area (Å²) in [6.45, 7) is 19.5. The minimum atomic E-state index is -0.830. The van der Waals surface area contributed by atoms with Gasteiger partial charge >= 0.3 is 6.09 Å². The van der Waals surface area contributed by atoms with Crippen LogP contribution in [0.1, 0.15) is 97.4 Å². The van der Waals surface area contributed by atoms with Crippen LogP contribution in [0.5, 0.6) is 0 Å². The third-order valence-corrected chi connectivity index (χ3v) is 6.94. The van der Waals surface area contributed by atoms with E-state index >= 15 is 0 Å². The van der Waals surface area contributed by atoms with Crippen molar-refractivity contribution in [3.63, 3.8) is 0 Å². The number of ether oxygens (including phenoxy) is 1. The summed E-state index contributed by atoms with van der Waals surface area (Å²) in [6.07, 6.45) is 3.40. The van der Waals surface area contributed by atoms with E-state index in [-0.39, 0.29) is 23.9 Å². The zero-order chi connectivity index (χ0) is 29.2. The number of thioether (sulfide) groups is 1. The van der Waals surface area contributed by atoms with Gasteiger partial charge in [0.15, 0.2) is 0 Å². The number of rotatable bonds is 13. The van der Waals surface area contributed by atoms with Gasteiger partial charge in [-0.05, 0) is 109 Å². The van der Waals surface area contributed by atoms with E-state index in [2.05, 4.69) is 24.5 Å². The van der Waals surface area contributed by atoms with Crippen LogP contribution >= 0.6 is 11.8 Å². The van der Waals surface area contributed by atoms with E-state index in [1.165, 1.54) is 0 Å². The molecule has 0 aliphatic rings. The molecule has 7 nitrogen and oxygen atoms in total. The molecule has 0 spiro atoms. The SMILES string of the molecule is CSCCC(NC(=O)OC(C)(C)C)C(=O)N(C(C)CCC(C)C)C(C(=O)NC(C)C)c1ccc(C)c(C)c1. The van der Waals surface area contributed by atoms with E-state index in [0.717, 1.165) is 29.5 Å². The second kappa shape index (κ2) is 15.4. The molecule has 1 aromatic rings. The Morgan fingerprint density at radius 2 is 1.58 bits per heavy atom. The molecule has 0 aromatic heterocycles. The molecule has 38 heavy (non-hydrogen) atoms. The summed E-state index contributed by atoms with van der Waals surface area (Å²) in [5.74, 6) is 0.621. The van der Waals surface area contributed by atoms with Crippen LogP contribution in [-0.4, -0.2) is 58.5 Å². The van der Waals surface area contributed by atoms with Gasteiger partial charge in [0.05, 0.1) is 0 Å². The zero-order valence-electron chi connectivity index (χ0n) is 25.4. The van der Waals surface area contributed by atoms with Crippen molar-refractivity contribution < 1.29 is 19.1 Å². The maximum atomic E-state index is 14.4. The number of carbonyl (C=O) groups excluding carboxylic acids is 3. The standard InChI is InChI=1S/C30H51N3O4S/c1-19(2)12-14-23(7)33(28(35)25(16-17-38-11)32-29(36)37-30(8,9)10)26(27(34)31-20(3)4)24-15-13-21(5)22(6)18-24/h13,15,18-20,23,25-26H,12,14,16-17H2,1-11H3,(H,31,34)(H,32,36). The Morgan fingerprint density at radius 3 is 2.08 bits per heavy atom. The fourth-order valence-corrected chi connectivity index (χ4v) is 4.64. The minimum Gasteiger partial charge on any atom is -0.444 e. The summed E-state index contributed by atoms with van der Waals surface area (Å²) >= 11 is 1.60. The van der Waals surface area contributed by atoms with E-state index in [4.69, 9.17) is 4.74 Å². The van der Waals surface area contributed by atoms with Crippen molar-refractivity contribution in [1.29, 1.82) is 0 Å². The van der Waals surface area contributed by atoms with Crippen LogP contribution in [0.25, 0.3) is 0 Å². The van der Waals surface area contributed by atoms with Crippen LogP contribution in [0.3, 0.4) is 0 Å². The Bertz CT molecular complexity index is 927. The fourth-order valence-electron chi connectivity index (χ4n) is 4.17. The molecule has 0 bridgehead atoms. The average Bonchev–Trinajstić information content (AvgIpc) is 2.78. The quantitative estimate of drug-likeness (QED) is 0.307. The highest BCUT2D eigenvalue weighted by atomic mass is 32.2. The summed E-state index contributed by atoms with van der Waals surface area (Å²) < 4.78 is 5.48. The highest BCUT2D eigenvalue weighted by molar-refractivity contribution is 7.98. The van der Waals surface area contributed by atoms with Gasteiger partial charge in [0, 0.05) is 12.1 Å². The van der Waals surface area contributed by atoms with Crippen LogP contribution in [0.15, 0.2) is 18.2 Å². The average molecular weight is 550 g/mol. The largest absolute Gasteiger partial charge is 0.444 e. The van der Waals surface area contributed by atoms with Crippen LogP contribution in [0.2, 0.25) is 0 Å². The predicted molar refractivity (Wildman–Crippen MR) is 158 cm³/mol. The second-order valence-corrected chi connectivity index (χ2v) is 12.9. The molecule has 0 saturated heterocycles. The van der Waals surface area contributed by atoms with E-state index in [0.29, 0.717) is 18.1 Å². The van der Waals surface area contributed by atoms with E-state index in [1.54, 1.807) is 37.4 Å². The molecular weight excluding hydrogens is 498 g/mol. The number of hydrogen-bond donors (Lipinski definition) is 2. The number of carbonyl (C=O) groups is 3. The van der Waals surface area contributed by atoms with Gasteiger partial charge in [0.2, 0.25) is 11.8 Å². The van der Waals surface area contributed by atoms with Crippen molar-refractivity contribution in [3.8, 4) is 0 Å². The second-order valence-electron chi connectivity index (χ2n) is 12.0. The van der Waals surface area contributed by atoms with Crippen molar-refractivity contribution in [2.45, 2.75) is 118 Å². The Balaban J connectivity index is 3.63. The van der Waals surface area contributed by atoms with E-state index in [9.17, 15) is 14.4 Å². The van der Waals surface area contributed by atoms with Gasteiger partial charge in [0.25, 0.3) is 0 Å².